The lowest BCUT2D eigenvalue weighted by Crippen LogP contribution is -1.99. The molecule has 1 aromatic rings. The van der Waals surface area contributed by atoms with E-state index in [9.17, 15) is 4.79 Å². The average Bonchev–Trinajstić information content (AvgIpc) is 2.12. The van der Waals surface area contributed by atoms with Gasteiger partial charge in [-0.15, -0.1) is 6.58 Å². The van der Waals surface area contributed by atoms with E-state index in [0.29, 0.717) is 28.5 Å². The van der Waals surface area contributed by atoms with Crippen molar-refractivity contribution in [2.75, 3.05) is 0 Å². The highest BCUT2D eigenvalue weighted by molar-refractivity contribution is 6.35. The Labute approximate surface area is 99.7 Å². The highest BCUT2D eigenvalue weighted by Gasteiger charge is 2.07. The second kappa shape index (κ2) is 5.34. The van der Waals surface area contributed by atoms with Gasteiger partial charge in [-0.1, -0.05) is 28.8 Å². The maximum absolute atomic E-state index is 11.7. The van der Waals surface area contributed by atoms with E-state index in [1.807, 2.05) is 6.92 Å². The highest BCUT2D eigenvalue weighted by atomic mass is 35.5. The van der Waals surface area contributed by atoms with Crippen LogP contribution in [0.1, 0.15) is 30.1 Å². The SMILES string of the molecule is C=C(C)CCC(=O)c1cc(Cl)cc(Cl)c1. The van der Waals surface area contributed by atoms with Crippen LogP contribution in [-0.2, 0) is 0 Å². The molecule has 0 unspecified atom stereocenters. The summed E-state index contributed by atoms with van der Waals surface area (Å²) in [5.74, 6) is 0.0439. The third-order valence-electron chi connectivity index (χ3n) is 1.96. The molecule has 3 heteroatoms. The Balaban J connectivity index is 2.77. The number of carbonyl (C=O) groups excluding carboxylic acids is 1. The molecule has 0 aromatic heterocycles. The Morgan fingerprint density at radius 1 is 1.20 bits per heavy atom. The van der Waals surface area contributed by atoms with Gasteiger partial charge in [-0.25, -0.2) is 0 Å². The van der Waals surface area contributed by atoms with Crippen LogP contribution in [0, 0.1) is 0 Å². The van der Waals surface area contributed by atoms with Gasteiger partial charge in [0.05, 0.1) is 0 Å². The molecular weight excluding hydrogens is 231 g/mol. The molecular formula is C12H12Cl2O. The van der Waals surface area contributed by atoms with Crippen molar-refractivity contribution in [3.8, 4) is 0 Å². The second-order valence-corrected chi connectivity index (χ2v) is 4.41. The van der Waals surface area contributed by atoms with E-state index in [1.165, 1.54) is 0 Å². The zero-order chi connectivity index (χ0) is 11.4. The predicted octanol–water partition coefficient (Wildman–Crippen LogP) is 4.53. The van der Waals surface area contributed by atoms with Gasteiger partial charge in [0.25, 0.3) is 0 Å². The lowest BCUT2D eigenvalue weighted by atomic mass is 10.0. The summed E-state index contributed by atoms with van der Waals surface area (Å²) in [7, 11) is 0. The van der Waals surface area contributed by atoms with E-state index in [-0.39, 0.29) is 5.78 Å². The zero-order valence-corrected chi connectivity index (χ0v) is 10.0. The van der Waals surface area contributed by atoms with Crippen molar-refractivity contribution in [3.63, 3.8) is 0 Å². The molecule has 0 aliphatic heterocycles. The average molecular weight is 243 g/mol. The Kier molecular flexibility index (Phi) is 4.37. The van der Waals surface area contributed by atoms with Gasteiger partial charge in [0, 0.05) is 22.0 Å². The molecule has 0 heterocycles. The fraction of sp³-hybridized carbons (Fsp3) is 0.250. The van der Waals surface area contributed by atoms with Crippen LogP contribution < -0.4 is 0 Å². The van der Waals surface area contributed by atoms with Crippen molar-refractivity contribution in [1.82, 2.24) is 0 Å². The van der Waals surface area contributed by atoms with Crippen LogP contribution in [0.5, 0.6) is 0 Å². The number of carbonyl (C=O) groups is 1. The summed E-state index contributed by atoms with van der Waals surface area (Å²) in [5.41, 5.74) is 1.56. The maximum atomic E-state index is 11.7. The lowest BCUT2D eigenvalue weighted by Gasteiger charge is -2.02. The largest absolute Gasteiger partial charge is 0.294 e. The Morgan fingerprint density at radius 2 is 1.73 bits per heavy atom. The summed E-state index contributed by atoms with van der Waals surface area (Å²) in [5, 5.41) is 0.974. The molecule has 0 radical (unpaired) electrons. The van der Waals surface area contributed by atoms with Gasteiger partial charge in [-0.2, -0.15) is 0 Å². The highest BCUT2D eigenvalue weighted by Crippen LogP contribution is 2.20. The lowest BCUT2D eigenvalue weighted by molar-refractivity contribution is 0.0983. The molecule has 80 valence electrons. The minimum atomic E-state index is 0.0439. The summed E-state index contributed by atoms with van der Waals surface area (Å²) in [6, 6.07) is 4.88. The fourth-order valence-corrected chi connectivity index (χ4v) is 1.71. The molecule has 0 spiro atoms. The van der Waals surface area contributed by atoms with Gasteiger partial charge in [0.2, 0.25) is 0 Å². The number of ketones is 1. The van der Waals surface area contributed by atoms with Gasteiger partial charge in [0.15, 0.2) is 5.78 Å². The molecule has 1 nitrogen and oxygen atoms in total. The monoisotopic (exact) mass is 242 g/mol. The molecule has 0 atom stereocenters. The van der Waals surface area contributed by atoms with Crippen LogP contribution in [0.2, 0.25) is 10.0 Å². The van der Waals surface area contributed by atoms with Crippen molar-refractivity contribution in [2.45, 2.75) is 19.8 Å². The van der Waals surface area contributed by atoms with E-state index in [1.54, 1.807) is 18.2 Å². The Hall–Kier alpha value is -0.790. The third-order valence-corrected chi connectivity index (χ3v) is 2.40. The van der Waals surface area contributed by atoms with Crippen LogP contribution in [0.15, 0.2) is 30.4 Å². The van der Waals surface area contributed by atoms with Gasteiger partial charge >= 0.3 is 0 Å². The first kappa shape index (κ1) is 12.3. The minimum absolute atomic E-state index is 0.0439. The molecule has 0 aliphatic carbocycles. The summed E-state index contributed by atoms with van der Waals surface area (Å²) in [4.78, 5) is 11.7. The van der Waals surface area contributed by atoms with Gasteiger partial charge < -0.3 is 0 Å². The van der Waals surface area contributed by atoms with E-state index in [2.05, 4.69) is 6.58 Å². The van der Waals surface area contributed by atoms with Crippen molar-refractivity contribution < 1.29 is 4.79 Å². The first-order valence-corrected chi connectivity index (χ1v) is 5.38. The van der Waals surface area contributed by atoms with Crippen LogP contribution >= 0.6 is 23.2 Å². The summed E-state index contributed by atoms with van der Waals surface area (Å²) >= 11 is 11.6. The Morgan fingerprint density at radius 3 is 2.20 bits per heavy atom. The number of Topliss-reactive ketones (excluding diaryl/α,β-unsaturated/α-hetero) is 1. The van der Waals surface area contributed by atoms with Crippen molar-refractivity contribution >= 4 is 29.0 Å². The molecule has 1 aromatic carbocycles. The number of hydrogen-bond acceptors (Lipinski definition) is 1. The van der Waals surface area contributed by atoms with Gasteiger partial charge in [0.1, 0.15) is 0 Å². The molecule has 0 saturated heterocycles. The maximum Gasteiger partial charge on any atom is 0.163 e. The number of rotatable bonds is 4. The molecule has 0 fully saturated rings. The van der Waals surface area contributed by atoms with Crippen molar-refractivity contribution in [2.24, 2.45) is 0 Å². The zero-order valence-electron chi connectivity index (χ0n) is 8.52. The van der Waals surface area contributed by atoms with Gasteiger partial charge in [-0.3, -0.25) is 4.79 Å². The first-order chi connectivity index (χ1) is 6.99. The van der Waals surface area contributed by atoms with E-state index < -0.39 is 0 Å². The van der Waals surface area contributed by atoms with Crippen LogP contribution in [-0.4, -0.2) is 5.78 Å². The fourth-order valence-electron chi connectivity index (χ4n) is 1.19. The van der Waals surface area contributed by atoms with Crippen molar-refractivity contribution in [3.05, 3.63) is 46.0 Å². The van der Waals surface area contributed by atoms with Crippen molar-refractivity contribution in [1.29, 1.82) is 0 Å². The molecule has 1 rings (SSSR count). The standard InChI is InChI=1S/C12H12Cl2O/c1-8(2)3-4-12(15)9-5-10(13)7-11(14)6-9/h5-7H,1,3-4H2,2H3. The van der Waals surface area contributed by atoms with Crippen LogP contribution in [0.4, 0.5) is 0 Å². The molecule has 0 N–H and O–H groups in total. The quantitative estimate of drug-likeness (QED) is 0.560. The van der Waals surface area contributed by atoms with E-state index in [0.717, 1.165) is 5.57 Å². The predicted molar refractivity (Wildman–Crippen MR) is 64.8 cm³/mol. The summed E-state index contributed by atoms with van der Waals surface area (Å²) in [6.07, 6.45) is 1.15. The summed E-state index contributed by atoms with van der Waals surface area (Å²) in [6.45, 7) is 5.65. The van der Waals surface area contributed by atoms with E-state index in [4.69, 9.17) is 23.2 Å². The molecule has 0 bridgehead atoms. The molecule has 15 heavy (non-hydrogen) atoms. The molecule has 0 aliphatic rings. The van der Waals surface area contributed by atoms with Gasteiger partial charge in [-0.05, 0) is 31.5 Å². The van der Waals surface area contributed by atoms with E-state index >= 15 is 0 Å². The summed E-state index contributed by atoms with van der Waals surface area (Å²) < 4.78 is 0. The normalized spacial score (nSPS) is 10.1. The van der Waals surface area contributed by atoms with Crippen LogP contribution in [0.3, 0.4) is 0 Å². The van der Waals surface area contributed by atoms with Crippen LogP contribution in [0.25, 0.3) is 0 Å². The number of hydrogen-bond donors (Lipinski definition) is 0. The second-order valence-electron chi connectivity index (χ2n) is 3.54. The molecule has 0 saturated carbocycles. The smallest absolute Gasteiger partial charge is 0.163 e. The number of halogens is 2. The topological polar surface area (TPSA) is 17.1 Å². The first-order valence-electron chi connectivity index (χ1n) is 4.62. The Bertz CT molecular complexity index is 376. The number of benzene rings is 1. The minimum Gasteiger partial charge on any atom is -0.294 e. The number of allylic oxidation sites excluding steroid dienone is 1. The third kappa shape index (κ3) is 4.06. The molecule has 0 amide bonds.